The Bertz CT molecular complexity index is 545. The van der Waals surface area contributed by atoms with Crippen LogP contribution in [0.3, 0.4) is 0 Å². The largest absolute Gasteiger partial charge is 0.371 e. The van der Waals surface area contributed by atoms with Gasteiger partial charge in [0.1, 0.15) is 11.6 Å². The maximum absolute atomic E-state index is 11.0. The summed E-state index contributed by atoms with van der Waals surface area (Å²) in [7, 11) is 1.94. The van der Waals surface area contributed by atoms with Crippen LogP contribution in [0.4, 0.5) is 11.4 Å². The fourth-order valence-corrected chi connectivity index (χ4v) is 2.68. The molecule has 2 rings (SSSR count). The van der Waals surface area contributed by atoms with Crippen LogP contribution in [-0.2, 0) is 0 Å². The number of benzene rings is 1. The third-order valence-electron chi connectivity index (χ3n) is 3.99. The Morgan fingerprint density at radius 2 is 2.05 bits per heavy atom. The number of hydrogen-bond donors (Lipinski definition) is 1. The summed E-state index contributed by atoms with van der Waals surface area (Å²) < 4.78 is 0. The molecular weight excluding hydrogens is 256 g/mol. The van der Waals surface area contributed by atoms with Gasteiger partial charge in [0.2, 0.25) is 0 Å². The summed E-state index contributed by atoms with van der Waals surface area (Å²) in [4.78, 5) is 12.5. The smallest absolute Gasteiger partial charge is 0.289 e. The molecule has 0 bridgehead atoms. The van der Waals surface area contributed by atoms with Gasteiger partial charge in [-0.05, 0) is 37.8 Å². The van der Waals surface area contributed by atoms with Crippen molar-refractivity contribution in [2.75, 3.05) is 11.9 Å². The molecule has 1 aromatic carbocycles. The molecule has 0 spiro atoms. The average Bonchev–Trinajstić information content (AvgIpc) is 2.46. The second-order valence-electron chi connectivity index (χ2n) is 5.25. The van der Waals surface area contributed by atoms with E-state index in [4.69, 9.17) is 11.0 Å². The lowest BCUT2D eigenvalue weighted by atomic mass is 9.90. The molecule has 6 heteroatoms. The fraction of sp³-hybridized carbons (Fsp3) is 0.500. The van der Waals surface area contributed by atoms with Crippen molar-refractivity contribution in [1.82, 2.24) is 0 Å². The third-order valence-corrected chi connectivity index (χ3v) is 3.99. The number of anilines is 1. The molecule has 0 saturated heterocycles. The zero-order valence-electron chi connectivity index (χ0n) is 11.5. The van der Waals surface area contributed by atoms with Gasteiger partial charge in [-0.1, -0.05) is 0 Å². The topological polar surface area (TPSA) is 96.2 Å². The van der Waals surface area contributed by atoms with Gasteiger partial charge in [-0.2, -0.15) is 5.26 Å². The first-order valence-electron chi connectivity index (χ1n) is 6.70. The fourth-order valence-electron chi connectivity index (χ4n) is 2.68. The van der Waals surface area contributed by atoms with Crippen LogP contribution in [0.15, 0.2) is 18.2 Å². The first kappa shape index (κ1) is 14.3. The lowest BCUT2D eigenvalue weighted by Gasteiger charge is -2.34. The maximum atomic E-state index is 11.0. The van der Waals surface area contributed by atoms with Gasteiger partial charge in [0, 0.05) is 30.9 Å². The van der Waals surface area contributed by atoms with Crippen molar-refractivity contribution in [3.63, 3.8) is 0 Å². The van der Waals surface area contributed by atoms with E-state index in [2.05, 4.69) is 4.90 Å². The van der Waals surface area contributed by atoms with E-state index in [0.717, 1.165) is 31.4 Å². The van der Waals surface area contributed by atoms with E-state index >= 15 is 0 Å². The summed E-state index contributed by atoms with van der Waals surface area (Å²) in [5.74, 6) is 0. The number of nitrogens with two attached hydrogens (primary N) is 1. The third kappa shape index (κ3) is 2.89. The van der Waals surface area contributed by atoms with Crippen LogP contribution in [-0.4, -0.2) is 24.1 Å². The van der Waals surface area contributed by atoms with Crippen LogP contribution in [0.2, 0.25) is 0 Å². The van der Waals surface area contributed by atoms with Crippen molar-refractivity contribution >= 4 is 11.4 Å². The van der Waals surface area contributed by atoms with E-state index in [0.29, 0.717) is 6.04 Å². The van der Waals surface area contributed by atoms with E-state index in [-0.39, 0.29) is 17.3 Å². The molecule has 0 aliphatic heterocycles. The Balaban J connectivity index is 2.22. The summed E-state index contributed by atoms with van der Waals surface area (Å²) in [6, 6.07) is 7.23. The number of nitriles is 1. The lowest BCUT2D eigenvalue weighted by Crippen LogP contribution is -2.38. The first-order chi connectivity index (χ1) is 9.52. The van der Waals surface area contributed by atoms with E-state index in [1.165, 1.54) is 12.1 Å². The maximum Gasteiger partial charge on any atom is 0.289 e. The molecule has 0 heterocycles. The van der Waals surface area contributed by atoms with Crippen LogP contribution < -0.4 is 10.6 Å². The molecule has 1 aromatic rings. The molecule has 20 heavy (non-hydrogen) atoms. The predicted molar refractivity (Wildman–Crippen MR) is 76.4 cm³/mol. The van der Waals surface area contributed by atoms with E-state index in [1.807, 2.05) is 13.1 Å². The highest BCUT2D eigenvalue weighted by Gasteiger charge is 2.24. The van der Waals surface area contributed by atoms with Gasteiger partial charge >= 0.3 is 0 Å². The van der Waals surface area contributed by atoms with E-state index < -0.39 is 4.92 Å². The molecule has 0 radical (unpaired) electrons. The molecule has 1 saturated carbocycles. The molecule has 1 aliphatic carbocycles. The van der Waals surface area contributed by atoms with Crippen molar-refractivity contribution in [3.05, 3.63) is 33.9 Å². The van der Waals surface area contributed by atoms with Gasteiger partial charge in [0.25, 0.3) is 5.69 Å². The quantitative estimate of drug-likeness (QED) is 0.673. The minimum atomic E-state index is -0.507. The van der Waals surface area contributed by atoms with Crippen LogP contribution in [0.5, 0.6) is 0 Å². The molecule has 6 nitrogen and oxygen atoms in total. The van der Waals surface area contributed by atoms with Crippen molar-refractivity contribution in [3.8, 4) is 6.07 Å². The number of nitro groups is 1. The van der Waals surface area contributed by atoms with Gasteiger partial charge in [-0.15, -0.1) is 0 Å². The predicted octanol–water partition coefficient (Wildman–Crippen LogP) is 2.17. The van der Waals surface area contributed by atoms with Gasteiger partial charge in [0.15, 0.2) is 0 Å². The van der Waals surface area contributed by atoms with Crippen LogP contribution >= 0.6 is 0 Å². The Hall–Kier alpha value is -2.13. The highest BCUT2D eigenvalue weighted by Crippen LogP contribution is 2.29. The molecular formula is C14H18N4O2. The Morgan fingerprint density at radius 3 is 2.60 bits per heavy atom. The SMILES string of the molecule is CN(c1ccc(C#N)c([N+](=O)[O-])c1)C1CCC(N)CC1. The average molecular weight is 274 g/mol. The molecule has 0 atom stereocenters. The highest BCUT2D eigenvalue weighted by atomic mass is 16.6. The minimum Gasteiger partial charge on any atom is -0.371 e. The van der Waals surface area contributed by atoms with Crippen molar-refractivity contribution in [2.45, 2.75) is 37.8 Å². The molecule has 106 valence electrons. The van der Waals surface area contributed by atoms with Crippen molar-refractivity contribution < 1.29 is 4.92 Å². The van der Waals surface area contributed by atoms with Crippen molar-refractivity contribution in [2.24, 2.45) is 5.73 Å². The molecule has 0 amide bonds. The van der Waals surface area contributed by atoms with Gasteiger partial charge < -0.3 is 10.6 Å². The molecule has 1 fully saturated rings. The number of rotatable bonds is 3. The number of hydrogen-bond acceptors (Lipinski definition) is 5. The lowest BCUT2D eigenvalue weighted by molar-refractivity contribution is -0.385. The summed E-state index contributed by atoms with van der Waals surface area (Å²) in [5, 5.41) is 19.9. The van der Waals surface area contributed by atoms with E-state index in [1.54, 1.807) is 6.07 Å². The normalized spacial score (nSPS) is 22.1. The number of nitro benzene ring substituents is 1. The molecule has 0 unspecified atom stereocenters. The summed E-state index contributed by atoms with van der Waals surface area (Å²) >= 11 is 0. The summed E-state index contributed by atoms with van der Waals surface area (Å²) in [5.41, 5.74) is 6.63. The first-order valence-corrected chi connectivity index (χ1v) is 6.70. The summed E-state index contributed by atoms with van der Waals surface area (Å²) in [6.45, 7) is 0. The Labute approximate surface area is 117 Å². The van der Waals surface area contributed by atoms with Crippen LogP contribution in [0.1, 0.15) is 31.2 Å². The standard InChI is InChI=1S/C14H18N4O2/c1-17(12-6-3-11(16)4-7-12)13-5-2-10(9-15)14(8-13)18(19)20/h2,5,8,11-12H,3-4,6-7,16H2,1H3. The second kappa shape index (κ2) is 5.88. The zero-order valence-corrected chi connectivity index (χ0v) is 11.5. The zero-order chi connectivity index (χ0) is 14.7. The molecule has 2 N–H and O–H groups in total. The summed E-state index contributed by atoms with van der Waals surface area (Å²) in [6.07, 6.45) is 3.94. The van der Waals surface area contributed by atoms with Gasteiger partial charge in [-0.25, -0.2) is 0 Å². The monoisotopic (exact) mass is 274 g/mol. The van der Waals surface area contributed by atoms with Crippen molar-refractivity contribution in [1.29, 1.82) is 5.26 Å². The van der Waals surface area contributed by atoms with E-state index in [9.17, 15) is 10.1 Å². The Kier molecular flexibility index (Phi) is 4.20. The number of nitrogens with zero attached hydrogens (tertiary/aromatic N) is 3. The van der Waals surface area contributed by atoms with Crippen LogP contribution in [0, 0.1) is 21.4 Å². The molecule has 0 aromatic heterocycles. The highest BCUT2D eigenvalue weighted by molar-refractivity contribution is 5.60. The second-order valence-corrected chi connectivity index (χ2v) is 5.25. The van der Waals surface area contributed by atoms with Crippen LogP contribution in [0.25, 0.3) is 0 Å². The van der Waals surface area contributed by atoms with Gasteiger partial charge in [0.05, 0.1) is 4.92 Å². The minimum absolute atomic E-state index is 0.0952. The Morgan fingerprint density at radius 1 is 1.40 bits per heavy atom. The van der Waals surface area contributed by atoms with Gasteiger partial charge in [-0.3, -0.25) is 10.1 Å². The molecule has 1 aliphatic rings.